The van der Waals surface area contributed by atoms with Crippen molar-refractivity contribution in [3.63, 3.8) is 0 Å². The molecule has 1 amide bonds. The highest BCUT2D eigenvalue weighted by Gasteiger charge is 2.21. The molecule has 0 unspecified atom stereocenters. The van der Waals surface area contributed by atoms with Crippen LogP contribution in [0.25, 0.3) is 11.0 Å². The summed E-state index contributed by atoms with van der Waals surface area (Å²) < 4.78 is 10.9. The Labute approximate surface area is 164 Å². The highest BCUT2D eigenvalue weighted by atomic mass is 16.5. The summed E-state index contributed by atoms with van der Waals surface area (Å²) in [6.07, 6.45) is 5.05. The number of nitrogens with zero attached hydrogens (tertiary/aromatic N) is 3. The van der Waals surface area contributed by atoms with Crippen molar-refractivity contribution in [2.24, 2.45) is 4.99 Å². The van der Waals surface area contributed by atoms with Crippen LogP contribution in [0.1, 0.15) is 45.1 Å². The predicted octanol–water partition coefficient (Wildman–Crippen LogP) is 3.86. The standard InChI is InChI=1S/C21H26N4O3/c1-13(2)22-11-14(3)21(26)25-18-12-23-19-16(15-7-9-28-10-8-15)5-6-17(27-4)20(19)24-18/h5-6,11-12,15H,7-10H2,1-4H3,(H,24,25,26)/b14-11+. The van der Waals surface area contributed by atoms with Crippen molar-refractivity contribution < 1.29 is 14.3 Å². The number of carbonyl (C=O) groups is 1. The normalized spacial score (nSPS) is 15.4. The molecule has 28 heavy (non-hydrogen) atoms. The number of fused-ring (bicyclic) bond motifs is 1. The van der Waals surface area contributed by atoms with Gasteiger partial charge in [0.2, 0.25) is 0 Å². The van der Waals surface area contributed by atoms with Crippen LogP contribution in [0.3, 0.4) is 0 Å². The average Bonchev–Trinajstić information content (AvgIpc) is 2.71. The van der Waals surface area contributed by atoms with Crippen LogP contribution in [0.15, 0.2) is 35.1 Å². The molecule has 1 aliphatic heterocycles. The summed E-state index contributed by atoms with van der Waals surface area (Å²) >= 11 is 0. The molecule has 1 aromatic carbocycles. The van der Waals surface area contributed by atoms with Crippen LogP contribution in [0.4, 0.5) is 5.82 Å². The first-order valence-corrected chi connectivity index (χ1v) is 9.40. The maximum Gasteiger partial charge on any atom is 0.254 e. The van der Waals surface area contributed by atoms with Gasteiger partial charge >= 0.3 is 0 Å². The second-order valence-corrected chi connectivity index (χ2v) is 7.04. The minimum absolute atomic E-state index is 0.266. The SMILES string of the molecule is COc1ccc(C2CCOCC2)c2ncc(NC(=O)/C(C)=C/N=C(C)C)nc12. The number of anilines is 1. The van der Waals surface area contributed by atoms with Crippen molar-refractivity contribution in [2.75, 3.05) is 25.6 Å². The first kappa shape index (κ1) is 19.9. The Hall–Kier alpha value is -2.80. The van der Waals surface area contributed by atoms with E-state index < -0.39 is 0 Å². The molecule has 0 radical (unpaired) electrons. The molecule has 2 heterocycles. The van der Waals surface area contributed by atoms with Gasteiger partial charge in [-0.2, -0.15) is 0 Å². The first-order chi connectivity index (χ1) is 13.5. The summed E-state index contributed by atoms with van der Waals surface area (Å²) in [4.78, 5) is 25.7. The number of aromatic nitrogens is 2. The molecule has 1 aromatic heterocycles. The molecular weight excluding hydrogens is 356 g/mol. The Balaban J connectivity index is 1.92. The monoisotopic (exact) mass is 382 g/mol. The number of methoxy groups -OCH3 is 1. The third-order valence-corrected chi connectivity index (χ3v) is 4.69. The number of ether oxygens (including phenoxy) is 2. The van der Waals surface area contributed by atoms with Crippen LogP contribution in [0, 0.1) is 0 Å². The van der Waals surface area contributed by atoms with Gasteiger partial charge in [0.15, 0.2) is 5.82 Å². The van der Waals surface area contributed by atoms with Crippen LogP contribution in [0.5, 0.6) is 5.75 Å². The largest absolute Gasteiger partial charge is 0.494 e. The Bertz CT molecular complexity index is 927. The number of hydrogen-bond donors (Lipinski definition) is 1. The third kappa shape index (κ3) is 4.54. The number of carbonyl (C=O) groups excluding carboxylic acids is 1. The van der Waals surface area contributed by atoms with E-state index in [4.69, 9.17) is 9.47 Å². The summed E-state index contributed by atoms with van der Waals surface area (Å²) in [5.41, 5.74) is 3.97. The minimum atomic E-state index is -0.266. The summed E-state index contributed by atoms with van der Waals surface area (Å²) in [6, 6.07) is 3.97. The van der Waals surface area contributed by atoms with E-state index in [2.05, 4.69) is 26.3 Å². The van der Waals surface area contributed by atoms with E-state index >= 15 is 0 Å². The van der Waals surface area contributed by atoms with Gasteiger partial charge < -0.3 is 14.8 Å². The first-order valence-electron chi connectivity index (χ1n) is 9.40. The third-order valence-electron chi connectivity index (χ3n) is 4.69. The predicted molar refractivity (Wildman–Crippen MR) is 110 cm³/mol. The van der Waals surface area contributed by atoms with Gasteiger partial charge in [-0.25, -0.2) is 4.98 Å². The van der Waals surface area contributed by atoms with Gasteiger partial charge in [-0.15, -0.1) is 0 Å². The number of benzene rings is 1. The number of rotatable bonds is 5. The van der Waals surface area contributed by atoms with E-state index in [0.717, 1.165) is 42.8 Å². The fourth-order valence-corrected chi connectivity index (χ4v) is 3.16. The van der Waals surface area contributed by atoms with Gasteiger partial charge in [-0.05, 0) is 51.2 Å². The molecule has 2 aromatic rings. The average molecular weight is 382 g/mol. The van der Waals surface area contributed by atoms with E-state index in [1.807, 2.05) is 19.9 Å². The lowest BCUT2D eigenvalue weighted by molar-refractivity contribution is -0.112. The van der Waals surface area contributed by atoms with Crippen LogP contribution in [-0.2, 0) is 9.53 Å². The number of nitrogens with one attached hydrogen (secondary N) is 1. The zero-order valence-electron chi connectivity index (χ0n) is 16.8. The van der Waals surface area contributed by atoms with E-state index in [-0.39, 0.29) is 5.91 Å². The molecule has 0 saturated carbocycles. The van der Waals surface area contributed by atoms with Crippen molar-refractivity contribution in [2.45, 2.75) is 39.5 Å². The van der Waals surface area contributed by atoms with Crippen LogP contribution in [-0.4, -0.2) is 41.9 Å². The van der Waals surface area contributed by atoms with Crippen molar-refractivity contribution in [1.82, 2.24) is 9.97 Å². The van der Waals surface area contributed by atoms with Gasteiger partial charge in [-0.1, -0.05) is 6.07 Å². The highest BCUT2D eigenvalue weighted by Crippen LogP contribution is 2.35. The summed E-state index contributed by atoms with van der Waals surface area (Å²) in [7, 11) is 1.60. The van der Waals surface area contributed by atoms with Gasteiger partial charge in [0.25, 0.3) is 5.91 Å². The fourth-order valence-electron chi connectivity index (χ4n) is 3.16. The molecule has 7 nitrogen and oxygen atoms in total. The lowest BCUT2D eigenvalue weighted by Crippen LogP contribution is -2.16. The number of aliphatic imine (C=N–C) groups is 1. The Morgan fingerprint density at radius 3 is 2.68 bits per heavy atom. The van der Waals surface area contributed by atoms with Gasteiger partial charge in [-0.3, -0.25) is 14.8 Å². The summed E-state index contributed by atoms with van der Waals surface area (Å²) in [5.74, 6) is 1.13. The molecule has 0 spiro atoms. The van der Waals surface area contributed by atoms with Crippen LogP contribution < -0.4 is 10.1 Å². The molecule has 1 aliphatic rings. The molecule has 3 rings (SSSR count). The van der Waals surface area contributed by atoms with E-state index in [1.165, 1.54) is 0 Å². The lowest BCUT2D eigenvalue weighted by atomic mass is 9.90. The van der Waals surface area contributed by atoms with Crippen LogP contribution in [0.2, 0.25) is 0 Å². The van der Waals surface area contributed by atoms with Crippen LogP contribution >= 0.6 is 0 Å². The fraction of sp³-hybridized carbons (Fsp3) is 0.429. The van der Waals surface area contributed by atoms with Gasteiger partial charge in [0, 0.05) is 30.7 Å². The number of amides is 1. The zero-order valence-corrected chi connectivity index (χ0v) is 16.8. The Kier molecular flexibility index (Phi) is 6.36. The molecule has 148 valence electrons. The molecule has 1 N–H and O–H groups in total. The number of hydrogen-bond acceptors (Lipinski definition) is 6. The van der Waals surface area contributed by atoms with Crippen molar-refractivity contribution >= 4 is 28.5 Å². The smallest absolute Gasteiger partial charge is 0.254 e. The molecule has 0 atom stereocenters. The quantitative estimate of drug-likeness (QED) is 0.627. The van der Waals surface area contributed by atoms with Crippen molar-refractivity contribution in [3.8, 4) is 5.75 Å². The maximum atomic E-state index is 12.4. The topological polar surface area (TPSA) is 85.7 Å². The highest BCUT2D eigenvalue weighted by molar-refractivity contribution is 6.03. The molecule has 0 aliphatic carbocycles. The maximum absolute atomic E-state index is 12.4. The molecule has 7 heteroatoms. The van der Waals surface area contributed by atoms with Crippen molar-refractivity contribution in [3.05, 3.63) is 35.7 Å². The summed E-state index contributed by atoms with van der Waals surface area (Å²) in [5, 5.41) is 2.78. The summed E-state index contributed by atoms with van der Waals surface area (Å²) in [6.45, 7) is 6.97. The Morgan fingerprint density at radius 1 is 1.25 bits per heavy atom. The minimum Gasteiger partial charge on any atom is -0.494 e. The van der Waals surface area contributed by atoms with Gasteiger partial charge in [0.05, 0.1) is 18.8 Å². The second-order valence-electron chi connectivity index (χ2n) is 7.04. The van der Waals surface area contributed by atoms with E-state index in [9.17, 15) is 4.79 Å². The zero-order chi connectivity index (χ0) is 20.1. The van der Waals surface area contributed by atoms with E-state index in [1.54, 1.807) is 26.4 Å². The van der Waals surface area contributed by atoms with E-state index in [0.29, 0.717) is 28.6 Å². The molecule has 0 bridgehead atoms. The molecular formula is C21H26N4O3. The van der Waals surface area contributed by atoms with Crippen molar-refractivity contribution in [1.29, 1.82) is 0 Å². The lowest BCUT2D eigenvalue weighted by Gasteiger charge is -2.23. The van der Waals surface area contributed by atoms with Gasteiger partial charge in [0.1, 0.15) is 11.3 Å². The second kappa shape index (κ2) is 8.93. The molecule has 1 saturated heterocycles. The molecule has 1 fully saturated rings. The Morgan fingerprint density at radius 2 is 2.00 bits per heavy atom.